The summed E-state index contributed by atoms with van der Waals surface area (Å²) in [7, 11) is 0. The van der Waals surface area contributed by atoms with Crippen LogP contribution in [0.2, 0.25) is 0 Å². The van der Waals surface area contributed by atoms with Crippen LogP contribution in [0.15, 0.2) is 42.6 Å². The summed E-state index contributed by atoms with van der Waals surface area (Å²) in [6.45, 7) is -0.161. The van der Waals surface area contributed by atoms with Gasteiger partial charge in [0.1, 0.15) is 12.4 Å². The highest BCUT2D eigenvalue weighted by Crippen LogP contribution is 2.15. The summed E-state index contributed by atoms with van der Waals surface area (Å²) in [5.74, 6) is 0.145. The first-order chi connectivity index (χ1) is 8.25. The van der Waals surface area contributed by atoms with Crippen molar-refractivity contribution < 1.29 is 9.90 Å². The van der Waals surface area contributed by atoms with Gasteiger partial charge >= 0.3 is 5.97 Å². The largest absolute Gasteiger partial charge is 0.480 e. The Kier molecular flexibility index (Phi) is 3.30. The van der Waals surface area contributed by atoms with Crippen molar-refractivity contribution in [3.05, 3.63) is 42.6 Å². The predicted octanol–water partition coefficient (Wildman–Crippen LogP) is 1.64. The van der Waals surface area contributed by atoms with Gasteiger partial charge in [-0.15, -0.1) is 0 Å². The first-order valence-corrected chi connectivity index (χ1v) is 5.10. The number of nitrogens with zero attached hydrogens (tertiary/aromatic N) is 2. The molecule has 0 saturated heterocycles. The Morgan fingerprint density at radius 1 is 1.24 bits per heavy atom. The lowest BCUT2D eigenvalue weighted by Gasteiger charge is -2.04. The number of anilines is 1. The van der Waals surface area contributed by atoms with Gasteiger partial charge < -0.3 is 10.4 Å². The SMILES string of the molecule is O=C(O)CNc1ccnc(-c2ccccc2)n1. The van der Waals surface area contributed by atoms with Gasteiger partial charge in [-0.3, -0.25) is 4.79 Å². The summed E-state index contributed by atoms with van der Waals surface area (Å²) in [5, 5.41) is 11.3. The number of aromatic nitrogens is 2. The average molecular weight is 229 g/mol. The Morgan fingerprint density at radius 3 is 2.71 bits per heavy atom. The molecule has 17 heavy (non-hydrogen) atoms. The maximum atomic E-state index is 10.4. The van der Waals surface area contributed by atoms with Crippen LogP contribution >= 0.6 is 0 Å². The molecule has 0 amide bonds. The number of rotatable bonds is 4. The van der Waals surface area contributed by atoms with Crippen molar-refractivity contribution in [3.8, 4) is 11.4 Å². The van der Waals surface area contributed by atoms with E-state index in [1.165, 1.54) is 0 Å². The standard InChI is InChI=1S/C12H11N3O2/c16-11(17)8-14-10-6-7-13-12(15-10)9-4-2-1-3-5-9/h1-7H,8H2,(H,16,17)(H,13,14,15). The fraction of sp³-hybridized carbons (Fsp3) is 0.0833. The zero-order valence-electron chi connectivity index (χ0n) is 9.00. The first kappa shape index (κ1) is 11.1. The zero-order valence-corrected chi connectivity index (χ0v) is 9.00. The number of carboxylic acids is 1. The second kappa shape index (κ2) is 5.07. The molecule has 0 aliphatic rings. The number of benzene rings is 1. The number of nitrogens with one attached hydrogen (secondary N) is 1. The molecule has 2 aromatic rings. The minimum atomic E-state index is -0.926. The minimum Gasteiger partial charge on any atom is -0.480 e. The highest BCUT2D eigenvalue weighted by molar-refractivity contribution is 5.72. The number of hydrogen-bond acceptors (Lipinski definition) is 4. The monoisotopic (exact) mass is 229 g/mol. The van der Waals surface area contributed by atoms with E-state index >= 15 is 0 Å². The molecular weight excluding hydrogens is 218 g/mol. The van der Waals surface area contributed by atoms with Crippen LogP contribution < -0.4 is 5.32 Å². The highest BCUT2D eigenvalue weighted by atomic mass is 16.4. The van der Waals surface area contributed by atoms with Crippen molar-refractivity contribution in [1.82, 2.24) is 9.97 Å². The summed E-state index contributed by atoms with van der Waals surface area (Å²) < 4.78 is 0. The quantitative estimate of drug-likeness (QED) is 0.833. The molecule has 1 aromatic heterocycles. The van der Waals surface area contributed by atoms with Crippen molar-refractivity contribution in [1.29, 1.82) is 0 Å². The van der Waals surface area contributed by atoms with Gasteiger partial charge in [-0.25, -0.2) is 9.97 Å². The van der Waals surface area contributed by atoms with Crippen molar-refractivity contribution in [2.24, 2.45) is 0 Å². The van der Waals surface area contributed by atoms with Gasteiger partial charge in [-0.1, -0.05) is 30.3 Å². The first-order valence-electron chi connectivity index (χ1n) is 5.10. The molecule has 0 aliphatic carbocycles. The molecule has 5 nitrogen and oxygen atoms in total. The normalized spacial score (nSPS) is 9.88. The molecule has 0 saturated carbocycles. The fourth-order valence-electron chi connectivity index (χ4n) is 1.35. The summed E-state index contributed by atoms with van der Waals surface area (Å²) >= 11 is 0. The zero-order chi connectivity index (χ0) is 12.1. The molecule has 0 aliphatic heterocycles. The molecule has 0 bridgehead atoms. The Morgan fingerprint density at radius 2 is 2.00 bits per heavy atom. The van der Waals surface area contributed by atoms with Crippen molar-refractivity contribution in [2.75, 3.05) is 11.9 Å². The number of hydrogen-bond donors (Lipinski definition) is 2. The molecule has 1 heterocycles. The number of carbonyl (C=O) groups is 1. The van der Waals surface area contributed by atoms with E-state index in [4.69, 9.17) is 5.11 Å². The second-order valence-electron chi connectivity index (χ2n) is 3.38. The molecule has 0 radical (unpaired) electrons. The van der Waals surface area contributed by atoms with Gasteiger partial charge in [0.15, 0.2) is 5.82 Å². The van der Waals surface area contributed by atoms with Crippen molar-refractivity contribution >= 4 is 11.8 Å². The number of aliphatic carboxylic acids is 1. The van der Waals surface area contributed by atoms with Gasteiger partial charge in [-0.05, 0) is 6.07 Å². The molecule has 2 N–H and O–H groups in total. The van der Waals surface area contributed by atoms with Gasteiger partial charge in [-0.2, -0.15) is 0 Å². The van der Waals surface area contributed by atoms with Crippen LogP contribution in [0.5, 0.6) is 0 Å². The molecule has 2 rings (SSSR count). The smallest absolute Gasteiger partial charge is 0.322 e. The van der Waals surface area contributed by atoms with Crippen molar-refractivity contribution in [3.63, 3.8) is 0 Å². The van der Waals surface area contributed by atoms with E-state index in [2.05, 4.69) is 15.3 Å². The minimum absolute atomic E-state index is 0.161. The molecule has 86 valence electrons. The Bertz CT molecular complexity index is 514. The summed E-state index contributed by atoms with van der Waals surface area (Å²) in [6, 6.07) is 11.1. The van der Waals surface area contributed by atoms with Crippen LogP contribution in [0.1, 0.15) is 0 Å². The molecule has 0 atom stereocenters. The lowest BCUT2D eigenvalue weighted by atomic mass is 10.2. The van der Waals surface area contributed by atoms with Crippen molar-refractivity contribution in [2.45, 2.75) is 0 Å². The molecule has 0 spiro atoms. The van der Waals surface area contributed by atoms with E-state index in [1.807, 2.05) is 30.3 Å². The summed E-state index contributed by atoms with van der Waals surface area (Å²) in [6.07, 6.45) is 1.60. The maximum absolute atomic E-state index is 10.4. The van der Waals surface area contributed by atoms with Gasteiger partial charge in [0.25, 0.3) is 0 Å². The molecular formula is C12H11N3O2. The third-order valence-corrected chi connectivity index (χ3v) is 2.11. The predicted molar refractivity (Wildman–Crippen MR) is 63.6 cm³/mol. The van der Waals surface area contributed by atoms with Crippen LogP contribution in [-0.2, 0) is 4.79 Å². The molecule has 5 heteroatoms. The van der Waals surface area contributed by atoms with Gasteiger partial charge in [0, 0.05) is 11.8 Å². The Labute approximate surface area is 98.2 Å². The van der Waals surface area contributed by atoms with Crippen LogP contribution in [0.3, 0.4) is 0 Å². The topological polar surface area (TPSA) is 75.1 Å². The maximum Gasteiger partial charge on any atom is 0.322 e. The third-order valence-electron chi connectivity index (χ3n) is 2.11. The van der Waals surface area contributed by atoms with E-state index in [-0.39, 0.29) is 6.54 Å². The van der Waals surface area contributed by atoms with Crippen LogP contribution in [-0.4, -0.2) is 27.6 Å². The van der Waals surface area contributed by atoms with E-state index < -0.39 is 5.97 Å². The highest BCUT2D eigenvalue weighted by Gasteiger charge is 2.02. The lowest BCUT2D eigenvalue weighted by molar-refractivity contribution is -0.134. The van der Waals surface area contributed by atoms with E-state index in [0.717, 1.165) is 5.56 Å². The molecule has 0 unspecified atom stereocenters. The molecule has 0 fully saturated rings. The van der Waals surface area contributed by atoms with E-state index in [9.17, 15) is 4.79 Å². The van der Waals surface area contributed by atoms with E-state index in [1.54, 1.807) is 12.3 Å². The summed E-state index contributed by atoms with van der Waals surface area (Å²) in [5.41, 5.74) is 0.895. The number of carboxylic acid groups (broad SMARTS) is 1. The van der Waals surface area contributed by atoms with Gasteiger partial charge in [0.05, 0.1) is 0 Å². The van der Waals surface area contributed by atoms with Crippen LogP contribution in [0, 0.1) is 0 Å². The lowest BCUT2D eigenvalue weighted by Crippen LogP contribution is -2.13. The van der Waals surface area contributed by atoms with Gasteiger partial charge in [0.2, 0.25) is 0 Å². The third kappa shape index (κ3) is 3.01. The Balaban J connectivity index is 2.20. The van der Waals surface area contributed by atoms with E-state index in [0.29, 0.717) is 11.6 Å². The van der Waals surface area contributed by atoms with Crippen LogP contribution in [0.25, 0.3) is 11.4 Å². The molecule has 1 aromatic carbocycles. The summed E-state index contributed by atoms with van der Waals surface area (Å²) in [4.78, 5) is 18.8. The second-order valence-corrected chi connectivity index (χ2v) is 3.38. The average Bonchev–Trinajstić information content (AvgIpc) is 2.38. The fourth-order valence-corrected chi connectivity index (χ4v) is 1.35. The Hall–Kier alpha value is -2.43. The van der Waals surface area contributed by atoms with Crippen LogP contribution in [0.4, 0.5) is 5.82 Å².